The first kappa shape index (κ1) is 13.0. The van der Waals surface area contributed by atoms with E-state index in [2.05, 4.69) is 10.5 Å². The van der Waals surface area contributed by atoms with Crippen LogP contribution < -0.4 is 11.1 Å². The van der Waals surface area contributed by atoms with Gasteiger partial charge in [0.15, 0.2) is 0 Å². The molecule has 0 aliphatic carbocycles. The first-order valence-corrected chi connectivity index (χ1v) is 5.05. The Balaban J connectivity index is 2.53. The molecular weight excluding hydrogens is 225 g/mol. The van der Waals surface area contributed by atoms with Gasteiger partial charge in [0, 0.05) is 18.0 Å². The lowest BCUT2D eigenvalue weighted by Crippen LogP contribution is -2.34. The number of amidine groups is 1. The average Bonchev–Trinajstić information content (AvgIpc) is 2.35. The van der Waals surface area contributed by atoms with Gasteiger partial charge in [0.05, 0.1) is 0 Å². The van der Waals surface area contributed by atoms with Crippen LogP contribution in [0, 0.1) is 11.7 Å². The molecule has 0 heterocycles. The lowest BCUT2D eigenvalue weighted by Gasteiger charge is -2.10. The zero-order valence-electron chi connectivity index (χ0n) is 9.35. The fraction of sp³-hybridized carbons (Fsp3) is 0.273. The second-order valence-electron chi connectivity index (χ2n) is 3.64. The van der Waals surface area contributed by atoms with E-state index < -0.39 is 5.82 Å². The van der Waals surface area contributed by atoms with Gasteiger partial charge in [0.25, 0.3) is 5.91 Å². The second-order valence-corrected chi connectivity index (χ2v) is 3.64. The molecule has 92 valence electrons. The summed E-state index contributed by atoms with van der Waals surface area (Å²) in [7, 11) is 0. The molecule has 6 heteroatoms. The molecule has 0 saturated carbocycles. The van der Waals surface area contributed by atoms with E-state index in [-0.39, 0.29) is 24.2 Å². The molecule has 4 N–H and O–H groups in total. The van der Waals surface area contributed by atoms with Crippen molar-refractivity contribution in [1.29, 1.82) is 0 Å². The Hall–Kier alpha value is -2.11. The van der Waals surface area contributed by atoms with Gasteiger partial charge in [-0.1, -0.05) is 12.1 Å². The number of oxime groups is 1. The van der Waals surface area contributed by atoms with Crippen LogP contribution in [0.3, 0.4) is 0 Å². The molecule has 0 aliphatic rings. The highest BCUT2D eigenvalue weighted by Crippen LogP contribution is 2.02. The minimum atomic E-state index is -0.397. The standard InChI is InChI=1S/C11H14FN3O2/c1-7(10(13)15-17)6-14-11(16)8-2-4-9(12)5-3-8/h2-5,7,17H,6H2,1H3,(H2,13,15)(H,14,16). The first-order chi connectivity index (χ1) is 8.04. The molecule has 0 aromatic heterocycles. The van der Waals surface area contributed by atoms with E-state index in [0.29, 0.717) is 5.56 Å². The fourth-order valence-electron chi connectivity index (χ4n) is 1.15. The van der Waals surface area contributed by atoms with Crippen molar-refractivity contribution in [2.45, 2.75) is 6.92 Å². The van der Waals surface area contributed by atoms with Crippen molar-refractivity contribution < 1.29 is 14.4 Å². The average molecular weight is 239 g/mol. The summed E-state index contributed by atoms with van der Waals surface area (Å²) in [5.74, 6) is -0.956. The van der Waals surface area contributed by atoms with Gasteiger partial charge in [-0.2, -0.15) is 0 Å². The molecule has 1 unspecified atom stereocenters. The van der Waals surface area contributed by atoms with Crippen molar-refractivity contribution >= 4 is 11.7 Å². The number of benzene rings is 1. The minimum Gasteiger partial charge on any atom is -0.409 e. The number of hydrogen-bond acceptors (Lipinski definition) is 3. The van der Waals surface area contributed by atoms with Gasteiger partial charge in [-0.25, -0.2) is 4.39 Å². The summed E-state index contributed by atoms with van der Waals surface area (Å²) in [4.78, 5) is 11.6. The molecule has 1 amide bonds. The highest BCUT2D eigenvalue weighted by Gasteiger charge is 2.10. The summed E-state index contributed by atoms with van der Waals surface area (Å²) in [6.45, 7) is 1.95. The van der Waals surface area contributed by atoms with Crippen LogP contribution in [0.2, 0.25) is 0 Å². The van der Waals surface area contributed by atoms with Gasteiger partial charge >= 0.3 is 0 Å². The molecule has 0 radical (unpaired) electrons. The maximum Gasteiger partial charge on any atom is 0.251 e. The van der Waals surface area contributed by atoms with Crippen LogP contribution in [0.5, 0.6) is 0 Å². The van der Waals surface area contributed by atoms with Gasteiger partial charge < -0.3 is 16.3 Å². The maximum absolute atomic E-state index is 12.6. The van der Waals surface area contributed by atoms with Crippen molar-refractivity contribution in [2.24, 2.45) is 16.8 Å². The highest BCUT2D eigenvalue weighted by atomic mass is 19.1. The molecule has 0 spiro atoms. The summed E-state index contributed by atoms with van der Waals surface area (Å²) in [6.07, 6.45) is 0. The molecule has 5 nitrogen and oxygen atoms in total. The molecule has 1 atom stereocenters. The van der Waals surface area contributed by atoms with Gasteiger partial charge in [-0.05, 0) is 24.3 Å². The van der Waals surface area contributed by atoms with Crippen molar-refractivity contribution in [3.63, 3.8) is 0 Å². The summed E-state index contributed by atoms with van der Waals surface area (Å²) in [5.41, 5.74) is 5.72. The van der Waals surface area contributed by atoms with E-state index >= 15 is 0 Å². The van der Waals surface area contributed by atoms with E-state index in [1.165, 1.54) is 24.3 Å². The summed E-state index contributed by atoms with van der Waals surface area (Å²) in [5, 5.41) is 13.9. The lowest BCUT2D eigenvalue weighted by molar-refractivity contribution is 0.0951. The van der Waals surface area contributed by atoms with Crippen LogP contribution in [0.4, 0.5) is 4.39 Å². The molecule has 0 bridgehead atoms. The van der Waals surface area contributed by atoms with Crippen molar-refractivity contribution in [3.8, 4) is 0 Å². The number of halogens is 1. The van der Waals surface area contributed by atoms with Crippen LogP contribution in [-0.2, 0) is 0 Å². The molecule has 0 saturated heterocycles. The Labute approximate surface area is 98.1 Å². The van der Waals surface area contributed by atoms with Gasteiger partial charge in [0.2, 0.25) is 0 Å². The normalized spacial score (nSPS) is 13.2. The summed E-state index contributed by atoms with van der Waals surface area (Å²) < 4.78 is 12.6. The van der Waals surface area contributed by atoms with E-state index in [1.807, 2.05) is 0 Å². The fourth-order valence-corrected chi connectivity index (χ4v) is 1.15. The van der Waals surface area contributed by atoms with Crippen LogP contribution in [-0.4, -0.2) is 23.5 Å². The lowest BCUT2D eigenvalue weighted by atomic mass is 10.1. The molecule has 0 fully saturated rings. The molecule has 1 rings (SSSR count). The number of carbonyl (C=O) groups is 1. The Morgan fingerprint density at radius 1 is 1.53 bits per heavy atom. The zero-order chi connectivity index (χ0) is 12.8. The van der Waals surface area contributed by atoms with Crippen LogP contribution in [0.25, 0.3) is 0 Å². The quantitative estimate of drug-likeness (QED) is 0.316. The number of nitrogens with two attached hydrogens (primary N) is 1. The topological polar surface area (TPSA) is 87.7 Å². The number of nitrogens with zero attached hydrogens (tertiary/aromatic N) is 1. The third-order valence-corrected chi connectivity index (χ3v) is 2.30. The first-order valence-electron chi connectivity index (χ1n) is 5.05. The van der Waals surface area contributed by atoms with Crippen LogP contribution >= 0.6 is 0 Å². The third kappa shape index (κ3) is 3.75. The predicted octanol–water partition coefficient (Wildman–Crippen LogP) is 0.938. The molecule has 0 aliphatic heterocycles. The number of nitrogens with one attached hydrogen (secondary N) is 1. The number of carbonyl (C=O) groups excluding carboxylic acids is 1. The Morgan fingerprint density at radius 2 is 2.12 bits per heavy atom. The van der Waals surface area contributed by atoms with Crippen molar-refractivity contribution in [2.75, 3.05) is 6.54 Å². The van der Waals surface area contributed by atoms with E-state index in [4.69, 9.17) is 10.9 Å². The molecule has 17 heavy (non-hydrogen) atoms. The number of amides is 1. The van der Waals surface area contributed by atoms with Crippen LogP contribution in [0.1, 0.15) is 17.3 Å². The third-order valence-electron chi connectivity index (χ3n) is 2.30. The number of rotatable bonds is 4. The Kier molecular flexibility index (Phi) is 4.45. The van der Waals surface area contributed by atoms with Gasteiger partial charge in [-0.15, -0.1) is 0 Å². The molecule has 1 aromatic rings. The predicted molar refractivity (Wildman–Crippen MR) is 61.3 cm³/mol. The zero-order valence-corrected chi connectivity index (χ0v) is 9.35. The Bertz CT molecular complexity index is 417. The smallest absolute Gasteiger partial charge is 0.251 e. The number of hydrogen-bond donors (Lipinski definition) is 3. The SMILES string of the molecule is CC(CNC(=O)c1ccc(F)cc1)C(N)=NO. The second kappa shape index (κ2) is 5.83. The molecular formula is C11H14FN3O2. The summed E-state index contributed by atoms with van der Waals surface area (Å²) >= 11 is 0. The summed E-state index contributed by atoms with van der Waals surface area (Å²) in [6, 6.07) is 5.20. The monoisotopic (exact) mass is 239 g/mol. The highest BCUT2D eigenvalue weighted by molar-refractivity contribution is 5.94. The van der Waals surface area contributed by atoms with Gasteiger partial charge in [0.1, 0.15) is 11.7 Å². The van der Waals surface area contributed by atoms with Crippen LogP contribution in [0.15, 0.2) is 29.4 Å². The maximum atomic E-state index is 12.6. The van der Waals surface area contributed by atoms with Crippen molar-refractivity contribution in [3.05, 3.63) is 35.6 Å². The van der Waals surface area contributed by atoms with E-state index in [9.17, 15) is 9.18 Å². The molecule has 1 aromatic carbocycles. The largest absolute Gasteiger partial charge is 0.409 e. The minimum absolute atomic E-state index is 0.0457. The van der Waals surface area contributed by atoms with E-state index in [0.717, 1.165) is 0 Å². The van der Waals surface area contributed by atoms with Gasteiger partial charge in [-0.3, -0.25) is 4.79 Å². The Morgan fingerprint density at radius 3 is 2.65 bits per heavy atom. The van der Waals surface area contributed by atoms with Crippen molar-refractivity contribution in [1.82, 2.24) is 5.32 Å². The van der Waals surface area contributed by atoms with E-state index in [1.54, 1.807) is 6.92 Å².